The third kappa shape index (κ3) is 0.958. The van der Waals surface area contributed by atoms with Crippen LogP contribution in [0.1, 0.15) is 0 Å². The molecule has 1 atom stereocenters. The van der Waals surface area contributed by atoms with E-state index in [9.17, 15) is 4.79 Å². The van der Waals surface area contributed by atoms with Gasteiger partial charge in [-0.25, -0.2) is 4.79 Å². The first-order valence-corrected chi connectivity index (χ1v) is 2.72. The molecule has 0 aliphatic heterocycles. The van der Waals surface area contributed by atoms with Gasteiger partial charge in [0.1, 0.15) is 0 Å². The minimum absolute atomic E-state index is 0.294. The maximum absolute atomic E-state index is 10.4. The second-order valence-corrected chi connectivity index (χ2v) is 1.98. The maximum atomic E-state index is 10.4. The number of rotatable bonds is 0. The van der Waals surface area contributed by atoms with Gasteiger partial charge in [-0.1, -0.05) is 9.24 Å². The van der Waals surface area contributed by atoms with Crippen molar-refractivity contribution in [1.29, 1.82) is 0 Å². The van der Waals surface area contributed by atoms with Gasteiger partial charge < -0.3 is 4.42 Å². The molecule has 2 nitrogen and oxygen atoms in total. The highest BCUT2D eigenvalue weighted by Crippen LogP contribution is 1.79. The largest absolute Gasteiger partial charge is 0.431 e. The molecule has 0 aliphatic carbocycles. The molecule has 1 unspecified atom stereocenters. The summed E-state index contributed by atoms with van der Waals surface area (Å²) in [5, 5.41) is 0.563. The molecular weight excluding hydrogens is 123 g/mol. The molecule has 0 saturated heterocycles. The highest BCUT2D eigenvalue weighted by Gasteiger charge is 1.86. The molecule has 0 fully saturated rings. The van der Waals surface area contributed by atoms with Crippen LogP contribution in [-0.4, -0.2) is 0 Å². The second kappa shape index (κ2) is 2.10. The average Bonchev–Trinajstić information content (AvgIpc) is 1.77. The van der Waals surface area contributed by atoms with Crippen molar-refractivity contribution in [3.63, 3.8) is 0 Å². The summed E-state index contributed by atoms with van der Waals surface area (Å²) in [4.78, 5) is 10.4. The predicted octanol–water partition coefficient (Wildman–Crippen LogP) is 0.140. The molecule has 0 saturated carbocycles. The van der Waals surface area contributed by atoms with Gasteiger partial charge in [0.05, 0.1) is 11.6 Å². The van der Waals surface area contributed by atoms with E-state index in [4.69, 9.17) is 0 Å². The van der Waals surface area contributed by atoms with Gasteiger partial charge in [0, 0.05) is 0 Å². The zero-order chi connectivity index (χ0) is 5.98. The Morgan fingerprint density at radius 2 is 2.38 bits per heavy atom. The van der Waals surface area contributed by atoms with Crippen molar-refractivity contribution in [3.8, 4) is 0 Å². The third-order valence-corrected chi connectivity index (χ3v) is 1.19. The Bertz CT molecular complexity index is 228. The van der Waals surface area contributed by atoms with E-state index in [2.05, 4.69) is 13.7 Å². The lowest BCUT2D eigenvalue weighted by Gasteiger charge is -1.82. The summed E-state index contributed by atoms with van der Waals surface area (Å²) in [5.74, 6) is 0. The van der Waals surface area contributed by atoms with Crippen LogP contribution in [0.3, 0.4) is 0 Å². The standard InChI is InChI=1S/C5H5O2P/c6-5-4(8)2-1-3-7-5/h1-3H,8H2. The fourth-order valence-electron chi connectivity index (χ4n) is 0.380. The minimum Gasteiger partial charge on any atom is -0.431 e. The van der Waals surface area contributed by atoms with Crippen LogP contribution in [0.5, 0.6) is 0 Å². The average molecular weight is 128 g/mol. The molecule has 0 radical (unpaired) electrons. The Morgan fingerprint density at radius 1 is 1.62 bits per heavy atom. The summed E-state index contributed by atoms with van der Waals surface area (Å²) in [6, 6.07) is 3.35. The summed E-state index contributed by atoms with van der Waals surface area (Å²) >= 11 is 0. The fraction of sp³-hybridized carbons (Fsp3) is 0. The van der Waals surface area contributed by atoms with E-state index in [1.807, 2.05) is 0 Å². The lowest BCUT2D eigenvalue weighted by atomic mass is 10.5. The second-order valence-electron chi connectivity index (χ2n) is 1.36. The van der Waals surface area contributed by atoms with Crippen molar-refractivity contribution in [2.24, 2.45) is 0 Å². The van der Waals surface area contributed by atoms with E-state index in [1.54, 1.807) is 12.1 Å². The van der Waals surface area contributed by atoms with Gasteiger partial charge in [-0.15, -0.1) is 0 Å². The van der Waals surface area contributed by atoms with E-state index < -0.39 is 0 Å². The van der Waals surface area contributed by atoms with Crippen molar-refractivity contribution in [3.05, 3.63) is 28.8 Å². The van der Waals surface area contributed by atoms with Crippen molar-refractivity contribution in [2.75, 3.05) is 0 Å². The van der Waals surface area contributed by atoms with Crippen molar-refractivity contribution in [2.45, 2.75) is 0 Å². The van der Waals surface area contributed by atoms with Crippen LogP contribution in [0.2, 0.25) is 0 Å². The van der Waals surface area contributed by atoms with Crippen LogP contribution < -0.4 is 10.9 Å². The molecule has 1 heterocycles. The van der Waals surface area contributed by atoms with E-state index in [0.717, 1.165) is 0 Å². The van der Waals surface area contributed by atoms with Gasteiger partial charge in [-0.3, -0.25) is 0 Å². The molecule has 42 valence electrons. The molecule has 0 spiro atoms. The SMILES string of the molecule is O=c1occcc1P. The highest BCUT2D eigenvalue weighted by atomic mass is 31.0. The third-order valence-electron chi connectivity index (χ3n) is 0.765. The smallest absolute Gasteiger partial charge is 0.342 e. The van der Waals surface area contributed by atoms with Crippen LogP contribution in [-0.2, 0) is 0 Å². The normalized spacial score (nSPS) is 9.12. The van der Waals surface area contributed by atoms with Crippen molar-refractivity contribution in [1.82, 2.24) is 0 Å². The van der Waals surface area contributed by atoms with E-state index in [-0.39, 0.29) is 5.63 Å². The minimum atomic E-state index is -0.294. The number of hydrogen-bond donors (Lipinski definition) is 0. The molecule has 0 N–H and O–H groups in total. The fourth-order valence-corrected chi connectivity index (χ4v) is 0.559. The quantitative estimate of drug-likeness (QED) is 0.465. The molecule has 0 amide bonds. The molecule has 3 heteroatoms. The summed E-state index contributed by atoms with van der Waals surface area (Å²) in [5.41, 5.74) is -0.294. The monoisotopic (exact) mass is 128 g/mol. The predicted molar refractivity (Wildman–Crippen MR) is 34.3 cm³/mol. The van der Waals surface area contributed by atoms with E-state index in [1.165, 1.54) is 6.26 Å². The van der Waals surface area contributed by atoms with Crippen molar-refractivity contribution < 1.29 is 4.42 Å². The zero-order valence-electron chi connectivity index (χ0n) is 4.13. The van der Waals surface area contributed by atoms with Gasteiger partial charge in [0.2, 0.25) is 0 Å². The lowest BCUT2D eigenvalue weighted by Crippen LogP contribution is -2.14. The number of hydrogen-bond acceptors (Lipinski definition) is 2. The Kier molecular flexibility index (Phi) is 1.45. The molecule has 8 heavy (non-hydrogen) atoms. The summed E-state index contributed by atoms with van der Waals surface area (Å²) < 4.78 is 4.48. The first kappa shape index (κ1) is 5.52. The van der Waals surface area contributed by atoms with Crippen LogP contribution in [0.15, 0.2) is 27.6 Å². The molecule has 0 aliphatic rings. The maximum Gasteiger partial charge on any atom is 0.342 e. The molecule has 0 bridgehead atoms. The summed E-state index contributed by atoms with van der Waals surface area (Å²) in [7, 11) is 2.28. The Hall–Kier alpha value is -0.620. The first-order chi connectivity index (χ1) is 3.80. The van der Waals surface area contributed by atoms with Crippen LogP contribution in [0, 0.1) is 0 Å². The topological polar surface area (TPSA) is 30.2 Å². The molecule has 1 aromatic rings. The Labute approximate surface area is 48.7 Å². The van der Waals surface area contributed by atoms with Gasteiger partial charge in [-0.05, 0) is 12.1 Å². The summed E-state index contributed by atoms with van der Waals surface area (Å²) in [6.07, 6.45) is 1.36. The van der Waals surface area contributed by atoms with Crippen LogP contribution >= 0.6 is 9.24 Å². The lowest BCUT2D eigenvalue weighted by molar-refractivity contribution is 0.516. The molecule has 1 rings (SSSR count). The van der Waals surface area contributed by atoms with E-state index in [0.29, 0.717) is 5.30 Å². The Morgan fingerprint density at radius 3 is 2.75 bits per heavy atom. The molecular formula is C5H5O2P. The van der Waals surface area contributed by atoms with Crippen LogP contribution in [0.4, 0.5) is 0 Å². The van der Waals surface area contributed by atoms with E-state index >= 15 is 0 Å². The van der Waals surface area contributed by atoms with Gasteiger partial charge in [0.25, 0.3) is 0 Å². The van der Waals surface area contributed by atoms with Gasteiger partial charge >= 0.3 is 5.63 Å². The summed E-state index contributed by atoms with van der Waals surface area (Å²) in [6.45, 7) is 0. The zero-order valence-corrected chi connectivity index (χ0v) is 5.28. The van der Waals surface area contributed by atoms with Crippen molar-refractivity contribution >= 4 is 14.5 Å². The molecule has 0 aromatic carbocycles. The Balaban J connectivity index is 3.35. The highest BCUT2D eigenvalue weighted by molar-refractivity contribution is 7.27. The van der Waals surface area contributed by atoms with Crippen LogP contribution in [0.25, 0.3) is 0 Å². The van der Waals surface area contributed by atoms with Gasteiger partial charge in [0.15, 0.2) is 0 Å². The molecule has 1 aromatic heterocycles. The first-order valence-electron chi connectivity index (χ1n) is 2.14. The van der Waals surface area contributed by atoms with Gasteiger partial charge in [-0.2, -0.15) is 0 Å².